The zero-order chi connectivity index (χ0) is 36.8. The molecule has 3 N–H and O–H groups in total. The standard InChI is InChI=1S/C37H40FN7O6Si/c1-23-35(52(2,3)38)33(13-15-43-22-27(14-16-46)41-42-43)51-37(23)30-19-28(45(49)50)11-12-32(30)44(36(37)48)21-24-7-6-8-26(17-24)40-34(47)18-25-20-39-31-10-5-4-9-29(25)31/h4-12,17,19-20,22-23,33,35,39,46H,13-16,18,21H2,1-3H3,(H,40,47)/t23-,33+,35-,37+/m1/s1. The average Bonchev–Trinajstić information content (AvgIpc) is 3.86. The SMILES string of the molecule is C[C@@H]1[C@@H]([Si](C)(C)F)[C@H](CCn2cc(CCO)nn2)O[C@@]12C(=O)N(Cc1cccc(NC(=O)Cc3c[nH]c4ccccc34)c1)c1ccc([N+](=O)[O-])cc12. The van der Waals surface area contributed by atoms with Gasteiger partial charge in [-0.25, -0.2) is 0 Å². The van der Waals surface area contributed by atoms with Gasteiger partial charge in [-0.3, -0.25) is 24.4 Å². The van der Waals surface area contributed by atoms with Crippen LogP contribution in [0, 0.1) is 16.0 Å². The van der Waals surface area contributed by atoms with Crippen LogP contribution in [0.5, 0.6) is 0 Å². The molecule has 270 valence electrons. The summed E-state index contributed by atoms with van der Waals surface area (Å²) in [5.74, 6) is -1.26. The van der Waals surface area contributed by atoms with Crippen molar-refractivity contribution in [1.29, 1.82) is 0 Å². The maximum Gasteiger partial charge on any atom is 0.269 e. The van der Waals surface area contributed by atoms with Crippen LogP contribution in [0.3, 0.4) is 0 Å². The van der Waals surface area contributed by atoms with E-state index in [0.717, 1.165) is 16.5 Å². The second kappa shape index (κ2) is 13.7. The quantitative estimate of drug-likeness (QED) is 0.0628. The van der Waals surface area contributed by atoms with Crippen LogP contribution in [0.2, 0.25) is 18.6 Å². The van der Waals surface area contributed by atoms with Gasteiger partial charge in [-0.2, -0.15) is 0 Å². The van der Waals surface area contributed by atoms with Gasteiger partial charge in [0, 0.05) is 77.7 Å². The van der Waals surface area contributed by atoms with Crippen molar-refractivity contribution in [3.05, 3.63) is 112 Å². The predicted molar refractivity (Wildman–Crippen MR) is 195 cm³/mol. The lowest BCUT2D eigenvalue weighted by atomic mass is 9.82. The predicted octanol–water partition coefficient (Wildman–Crippen LogP) is 5.80. The van der Waals surface area contributed by atoms with Gasteiger partial charge in [0.25, 0.3) is 11.6 Å². The molecule has 0 saturated carbocycles. The van der Waals surface area contributed by atoms with Gasteiger partial charge in [-0.05, 0) is 54.9 Å². The summed E-state index contributed by atoms with van der Waals surface area (Å²) in [5.41, 5.74) is 2.06. The number of aromatic amines is 1. The topological polar surface area (TPSA) is 169 Å². The smallest absolute Gasteiger partial charge is 0.269 e. The van der Waals surface area contributed by atoms with E-state index in [4.69, 9.17) is 4.74 Å². The van der Waals surface area contributed by atoms with Gasteiger partial charge in [0.05, 0.1) is 35.4 Å². The summed E-state index contributed by atoms with van der Waals surface area (Å²) in [7, 11) is -3.48. The van der Waals surface area contributed by atoms with Crippen LogP contribution in [-0.2, 0) is 45.9 Å². The summed E-state index contributed by atoms with van der Waals surface area (Å²) in [5, 5.41) is 33.4. The Labute approximate surface area is 300 Å². The van der Waals surface area contributed by atoms with E-state index in [1.807, 2.05) is 43.5 Å². The van der Waals surface area contributed by atoms with Crippen molar-refractivity contribution in [2.24, 2.45) is 5.92 Å². The number of carbonyl (C=O) groups is 2. The number of hydrogen-bond donors (Lipinski definition) is 3. The molecule has 52 heavy (non-hydrogen) atoms. The number of aryl methyl sites for hydroxylation is 1. The van der Waals surface area contributed by atoms with Gasteiger partial charge in [-0.1, -0.05) is 42.5 Å². The van der Waals surface area contributed by atoms with Crippen LogP contribution in [0.4, 0.5) is 21.2 Å². The number of ether oxygens (including phenoxy) is 1. The van der Waals surface area contributed by atoms with E-state index in [0.29, 0.717) is 47.6 Å². The first kappa shape index (κ1) is 35.2. The third kappa shape index (κ3) is 6.39. The van der Waals surface area contributed by atoms with Gasteiger partial charge >= 0.3 is 0 Å². The van der Waals surface area contributed by atoms with Gasteiger partial charge in [0.15, 0.2) is 5.60 Å². The first-order chi connectivity index (χ1) is 24.9. The van der Waals surface area contributed by atoms with Crippen LogP contribution in [0.25, 0.3) is 10.9 Å². The Bertz CT molecular complexity index is 2170. The number of amides is 2. The van der Waals surface area contributed by atoms with Crippen molar-refractivity contribution in [3.63, 3.8) is 0 Å². The number of non-ortho nitro benzene ring substituents is 1. The van der Waals surface area contributed by atoms with Crippen LogP contribution in [-0.4, -0.2) is 62.9 Å². The van der Waals surface area contributed by atoms with Crippen molar-refractivity contribution in [1.82, 2.24) is 20.0 Å². The first-order valence-electron chi connectivity index (χ1n) is 17.3. The van der Waals surface area contributed by atoms with E-state index in [1.54, 1.807) is 53.1 Å². The Balaban J connectivity index is 1.16. The third-order valence-corrected chi connectivity index (χ3v) is 12.8. The molecule has 2 amide bonds. The molecule has 4 atom stereocenters. The summed E-state index contributed by atoms with van der Waals surface area (Å²) in [6, 6.07) is 19.3. The fraction of sp³-hybridized carbons (Fsp3) is 0.351. The molecule has 0 bridgehead atoms. The normalized spacial score (nSPS) is 21.3. The number of nitro groups is 1. The number of carbonyl (C=O) groups excluding carboxylic acids is 2. The van der Waals surface area contributed by atoms with Gasteiger partial charge < -0.3 is 29.2 Å². The molecule has 2 aromatic heterocycles. The van der Waals surface area contributed by atoms with Crippen molar-refractivity contribution in [3.8, 4) is 0 Å². The number of aliphatic hydroxyl groups is 1. The van der Waals surface area contributed by atoms with E-state index in [2.05, 4.69) is 20.6 Å². The lowest BCUT2D eigenvalue weighted by Gasteiger charge is -2.31. The molecule has 4 heterocycles. The van der Waals surface area contributed by atoms with E-state index < -0.39 is 42.4 Å². The average molecular weight is 726 g/mol. The minimum Gasteiger partial charge on any atom is -0.396 e. The van der Waals surface area contributed by atoms with Crippen molar-refractivity contribution in [2.75, 3.05) is 16.8 Å². The fourth-order valence-electron chi connectivity index (χ4n) is 8.10. The molecule has 15 heteroatoms. The van der Waals surface area contributed by atoms with Crippen molar-refractivity contribution in [2.45, 2.75) is 69.6 Å². The molecular formula is C37H40FN7O6Si. The molecule has 5 aromatic rings. The monoisotopic (exact) mass is 725 g/mol. The number of rotatable bonds is 12. The second-order valence-electron chi connectivity index (χ2n) is 14.1. The van der Waals surface area contributed by atoms with Crippen LogP contribution in [0.15, 0.2) is 79.1 Å². The molecule has 0 aliphatic carbocycles. The Morgan fingerprint density at radius 2 is 1.98 bits per heavy atom. The van der Waals surface area contributed by atoms with Gasteiger partial charge in [0.1, 0.15) is 0 Å². The maximum absolute atomic E-state index is 16.3. The van der Waals surface area contributed by atoms with E-state index in [1.165, 1.54) is 12.1 Å². The van der Waals surface area contributed by atoms with Crippen LogP contribution >= 0.6 is 0 Å². The molecule has 1 fully saturated rings. The lowest BCUT2D eigenvalue weighted by Crippen LogP contribution is -2.45. The molecule has 1 spiro atoms. The molecule has 0 radical (unpaired) electrons. The minimum atomic E-state index is -3.48. The number of halogens is 1. The fourth-order valence-corrected chi connectivity index (χ4v) is 10.6. The maximum atomic E-state index is 16.3. The summed E-state index contributed by atoms with van der Waals surface area (Å²) in [4.78, 5) is 44.1. The highest BCUT2D eigenvalue weighted by Crippen LogP contribution is 2.60. The molecule has 2 aliphatic heterocycles. The minimum absolute atomic E-state index is 0.0664. The highest BCUT2D eigenvalue weighted by molar-refractivity contribution is 6.72. The molecule has 13 nitrogen and oxygen atoms in total. The number of para-hydroxylation sites is 1. The zero-order valence-corrected chi connectivity index (χ0v) is 30.1. The highest BCUT2D eigenvalue weighted by Gasteiger charge is 2.66. The number of anilines is 2. The highest BCUT2D eigenvalue weighted by atomic mass is 28.4. The Morgan fingerprint density at radius 1 is 1.17 bits per heavy atom. The molecule has 2 aliphatic rings. The molecule has 7 rings (SSSR count). The second-order valence-corrected chi connectivity index (χ2v) is 17.9. The molecular weight excluding hydrogens is 686 g/mol. The zero-order valence-electron chi connectivity index (χ0n) is 29.1. The molecule has 0 unspecified atom stereocenters. The van der Waals surface area contributed by atoms with Gasteiger partial charge in [-0.15, -0.1) is 5.10 Å². The Hall–Kier alpha value is -5.25. The third-order valence-electron chi connectivity index (χ3n) is 10.3. The number of nitrogens with zero attached hydrogens (tertiary/aromatic N) is 5. The number of benzene rings is 3. The largest absolute Gasteiger partial charge is 0.396 e. The number of nitrogens with one attached hydrogen (secondary N) is 2. The molecule has 1 saturated heterocycles. The number of aromatic nitrogens is 4. The van der Waals surface area contributed by atoms with Gasteiger partial charge in [0.2, 0.25) is 14.3 Å². The summed E-state index contributed by atoms with van der Waals surface area (Å²) >= 11 is 0. The number of aliphatic hydroxyl groups excluding tert-OH is 1. The van der Waals surface area contributed by atoms with E-state index >= 15 is 4.11 Å². The number of nitro benzene ring substituents is 1. The van der Waals surface area contributed by atoms with Crippen LogP contribution < -0.4 is 10.2 Å². The van der Waals surface area contributed by atoms with Crippen molar-refractivity contribution >= 4 is 48.2 Å². The van der Waals surface area contributed by atoms with E-state index in [9.17, 15) is 24.8 Å². The Morgan fingerprint density at radius 3 is 2.75 bits per heavy atom. The number of fused-ring (bicyclic) bond motifs is 3. The summed E-state index contributed by atoms with van der Waals surface area (Å²) in [6.07, 6.45) is 3.72. The lowest BCUT2D eigenvalue weighted by molar-refractivity contribution is -0.385. The Kier molecular flexibility index (Phi) is 9.27. The first-order valence-corrected chi connectivity index (χ1v) is 20.3. The van der Waals surface area contributed by atoms with Crippen LogP contribution in [0.1, 0.15) is 35.7 Å². The van der Waals surface area contributed by atoms with Crippen molar-refractivity contribution < 1.29 is 28.5 Å². The molecule has 3 aromatic carbocycles. The summed E-state index contributed by atoms with van der Waals surface area (Å²) < 4.78 is 24.7. The number of hydrogen-bond acceptors (Lipinski definition) is 8. The number of H-pyrrole nitrogens is 1. The van der Waals surface area contributed by atoms with E-state index in [-0.39, 0.29) is 31.2 Å². The summed E-state index contributed by atoms with van der Waals surface area (Å²) in [6.45, 7) is 5.37.